The van der Waals surface area contributed by atoms with Crippen molar-refractivity contribution >= 4 is 23.6 Å². The topological polar surface area (TPSA) is 58.6 Å². The van der Waals surface area contributed by atoms with Crippen LogP contribution in [0.5, 0.6) is 0 Å². The molecule has 20 heavy (non-hydrogen) atoms. The summed E-state index contributed by atoms with van der Waals surface area (Å²) in [6.45, 7) is 5.48. The summed E-state index contributed by atoms with van der Waals surface area (Å²) in [6.07, 6.45) is 3.39. The monoisotopic (exact) mass is 304 g/mol. The van der Waals surface area contributed by atoms with E-state index in [1.165, 1.54) is 0 Å². The highest BCUT2D eigenvalue weighted by Crippen LogP contribution is 2.23. The van der Waals surface area contributed by atoms with Crippen molar-refractivity contribution < 1.29 is 14.3 Å². The van der Waals surface area contributed by atoms with Crippen molar-refractivity contribution in [1.82, 2.24) is 10.2 Å². The fraction of sp³-hybridized carbons (Fsp3) is 0.857. The third-order valence-electron chi connectivity index (χ3n) is 3.44. The summed E-state index contributed by atoms with van der Waals surface area (Å²) in [7, 11) is 1.74. The molecule has 0 saturated heterocycles. The molecule has 2 unspecified atom stereocenters. The summed E-state index contributed by atoms with van der Waals surface area (Å²) in [5.41, 5.74) is -0.522. The van der Waals surface area contributed by atoms with Gasteiger partial charge in [0.15, 0.2) is 0 Å². The molecule has 1 saturated carbocycles. The van der Waals surface area contributed by atoms with E-state index in [2.05, 4.69) is 5.32 Å². The van der Waals surface area contributed by atoms with E-state index in [0.29, 0.717) is 0 Å². The van der Waals surface area contributed by atoms with Gasteiger partial charge >= 0.3 is 6.09 Å². The fourth-order valence-electron chi connectivity index (χ4n) is 2.48. The van der Waals surface area contributed by atoms with Crippen LogP contribution in [-0.4, -0.2) is 47.5 Å². The summed E-state index contributed by atoms with van der Waals surface area (Å²) in [4.78, 5) is 25.2. The second-order valence-electron chi connectivity index (χ2n) is 6.24. The van der Waals surface area contributed by atoms with Crippen molar-refractivity contribution in [2.75, 3.05) is 12.9 Å². The van der Waals surface area contributed by atoms with Gasteiger partial charge < -0.3 is 15.0 Å². The number of likely N-dealkylation sites (N-methyl/N-ethyl adjacent to an activating group) is 1. The van der Waals surface area contributed by atoms with E-state index in [9.17, 15) is 9.59 Å². The van der Waals surface area contributed by atoms with Crippen LogP contribution in [0.15, 0.2) is 0 Å². The number of carbonyl (C=O) groups is 2. The van der Waals surface area contributed by atoms with Gasteiger partial charge in [-0.15, -0.1) is 11.6 Å². The molecule has 6 heteroatoms. The molecule has 1 fully saturated rings. The Kier molecular flexibility index (Phi) is 6.11. The van der Waals surface area contributed by atoms with E-state index >= 15 is 0 Å². The lowest BCUT2D eigenvalue weighted by Gasteiger charge is -2.38. The zero-order valence-corrected chi connectivity index (χ0v) is 13.5. The van der Waals surface area contributed by atoms with E-state index < -0.39 is 11.7 Å². The number of alkyl carbamates (subject to hydrolysis) is 1. The molecule has 0 aromatic heterocycles. The molecule has 0 aromatic carbocycles. The smallest absolute Gasteiger partial charge is 0.407 e. The maximum absolute atomic E-state index is 11.9. The van der Waals surface area contributed by atoms with E-state index in [0.717, 1.165) is 25.7 Å². The summed E-state index contributed by atoms with van der Waals surface area (Å²) in [5, 5.41) is 2.89. The molecule has 0 heterocycles. The van der Waals surface area contributed by atoms with Gasteiger partial charge in [0.1, 0.15) is 11.5 Å². The molecule has 1 rings (SSSR count). The fourth-order valence-corrected chi connectivity index (χ4v) is 2.67. The highest BCUT2D eigenvalue weighted by atomic mass is 35.5. The SMILES string of the molecule is CN(C(=O)CCl)C1CCCCC1NC(=O)OC(C)(C)C. The standard InChI is InChI=1S/C14H25ClN2O3/c1-14(2,3)20-13(19)16-10-7-5-6-8-11(10)17(4)12(18)9-15/h10-11H,5-9H2,1-4H3,(H,16,19). The van der Waals surface area contributed by atoms with Crippen LogP contribution in [0, 0.1) is 0 Å². The number of nitrogens with zero attached hydrogens (tertiary/aromatic N) is 1. The molecule has 2 atom stereocenters. The summed E-state index contributed by atoms with van der Waals surface area (Å²) < 4.78 is 5.28. The predicted molar refractivity (Wildman–Crippen MR) is 78.9 cm³/mol. The summed E-state index contributed by atoms with van der Waals surface area (Å²) >= 11 is 5.60. The van der Waals surface area contributed by atoms with Crippen LogP contribution in [0.3, 0.4) is 0 Å². The van der Waals surface area contributed by atoms with Gasteiger partial charge in [-0.2, -0.15) is 0 Å². The largest absolute Gasteiger partial charge is 0.444 e. The first-order chi connectivity index (χ1) is 9.24. The van der Waals surface area contributed by atoms with E-state index in [-0.39, 0.29) is 23.9 Å². The van der Waals surface area contributed by atoms with Gasteiger partial charge in [0.25, 0.3) is 0 Å². The molecule has 0 radical (unpaired) electrons. The lowest BCUT2D eigenvalue weighted by atomic mass is 9.89. The first kappa shape index (κ1) is 17.1. The Labute approximate surface area is 126 Å². The number of halogens is 1. The molecule has 1 N–H and O–H groups in total. The van der Waals surface area contributed by atoms with Crippen molar-refractivity contribution in [3.8, 4) is 0 Å². The third kappa shape index (κ3) is 5.19. The van der Waals surface area contributed by atoms with Crippen LogP contribution in [-0.2, 0) is 9.53 Å². The van der Waals surface area contributed by atoms with Crippen LogP contribution in [0.25, 0.3) is 0 Å². The van der Waals surface area contributed by atoms with Crippen LogP contribution in [0.2, 0.25) is 0 Å². The van der Waals surface area contributed by atoms with Crippen molar-refractivity contribution in [2.45, 2.75) is 64.1 Å². The Bertz CT molecular complexity index is 355. The molecule has 1 aliphatic carbocycles. The number of alkyl halides is 1. The number of hydrogen-bond donors (Lipinski definition) is 1. The molecular formula is C14H25ClN2O3. The first-order valence-electron chi connectivity index (χ1n) is 7.05. The molecular weight excluding hydrogens is 280 g/mol. The van der Waals surface area contributed by atoms with E-state index in [1.54, 1.807) is 11.9 Å². The zero-order chi connectivity index (χ0) is 15.3. The number of rotatable bonds is 3. The predicted octanol–water partition coefficient (Wildman–Crippen LogP) is 2.52. The Morgan fingerprint density at radius 3 is 2.45 bits per heavy atom. The lowest BCUT2D eigenvalue weighted by molar-refractivity contribution is -0.130. The van der Waals surface area contributed by atoms with Crippen LogP contribution in [0.1, 0.15) is 46.5 Å². The number of ether oxygens (including phenoxy) is 1. The average molecular weight is 305 g/mol. The number of hydrogen-bond acceptors (Lipinski definition) is 3. The van der Waals surface area contributed by atoms with E-state index in [1.807, 2.05) is 20.8 Å². The van der Waals surface area contributed by atoms with Gasteiger partial charge in [-0.25, -0.2) is 4.79 Å². The molecule has 0 aliphatic heterocycles. The summed E-state index contributed by atoms with van der Waals surface area (Å²) in [6, 6.07) is -0.0849. The first-order valence-corrected chi connectivity index (χ1v) is 7.59. The Morgan fingerprint density at radius 2 is 1.90 bits per heavy atom. The van der Waals surface area contributed by atoms with Crippen LogP contribution in [0.4, 0.5) is 4.79 Å². The molecule has 116 valence electrons. The average Bonchev–Trinajstić information content (AvgIpc) is 2.35. The van der Waals surface area contributed by atoms with Crippen LogP contribution >= 0.6 is 11.6 Å². The van der Waals surface area contributed by atoms with Crippen molar-refractivity contribution in [1.29, 1.82) is 0 Å². The van der Waals surface area contributed by atoms with Crippen molar-refractivity contribution in [3.05, 3.63) is 0 Å². The Hall–Kier alpha value is -0.970. The summed E-state index contributed by atoms with van der Waals surface area (Å²) in [5.74, 6) is -0.152. The highest BCUT2D eigenvalue weighted by molar-refractivity contribution is 6.27. The molecule has 5 nitrogen and oxygen atoms in total. The molecule has 0 spiro atoms. The van der Waals surface area contributed by atoms with Gasteiger partial charge in [0.05, 0.1) is 12.1 Å². The van der Waals surface area contributed by atoms with Crippen molar-refractivity contribution in [3.63, 3.8) is 0 Å². The zero-order valence-electron chi connectivity index (χ0n) is 12.7. The van der Waals surface area contributed by atoms with Gasteiger partial charge in [0.2, 0.25) is 5.91 Å². The Balaban J connectivity index is 2.65. The molecule has 2 amide bonds. The lowest BCUT2D eigenvalue weighted by Crippen LogP contribution is -2.54. The minimum absolute atomic E-state index is 0.0116. The quantitative estimate of drug-likeness (QED) is 0.815. The maximum atomic E-state index is 11.9. The third-order valence-corrected chi connectivity index (χ3v) is 3.67. The molecule has 0 bridgehead atoms. The normalized spacial score (nSPS) is 23.1. The minimum Gasteiger partial charge on any atom is -0.444 e. The molecule has 1 aliphatic rings. The van der Waals surface area contributed by atoms with E-state index in [4.69, 9.17) is 16.3 Å². The minimum atomic E-state index is -0.522. The number of carbonyl (C=O) groups excluding carboxylic acids is 2. The van der Waals surface area contributed by atoms with Gasteiger partial charge in [-0.1, -0.05) is 12.8 Å². The van der Waals surface area contributed by atoms with Crippen molar-refractivity contribution in [2.24, 2.45) is 0 Å². The second-order valence-corrected chi connectivity index (χ2v) is 6.51. The number of nitrogens with one attached hydrogen (secondary N) is 1. The van der Waals surface area contributed by atoms with Gasteiger partial charge in [-0.3, -0.25) is 4.79 Å². The maximum Gasteiger partial charge on any atom is 0.407 e. The van der Waals surface area contributed by atoms with Crippen LogP contribution < -0.4 is 5.32 Å². The Morgan fingerprint density at radius 1 is 1.30 bits per heavy atom. The highest BCUT2D eigenvalue weighted by Gasteiger charge is 2.32. The molecule has 0 aromatic rings. The second kappa shape index (κ2) is 7.16. The number of amides is 2. The van der Waals surface area contributed by atoms with Gasteiger partial charge in [0, 0.05) is 7.05 Å². The van der Waals surface area contributed by atoms with Gasteiger partial charge in [-0.05, 0) is 33.6 Å².